The number of aliphatic hydroxyl groups excluding tert-OH is 1. The Balaban J connectivity index is 3.39. The first-order valence-corrected chi connectivity index (χ1v) is 7.07. The maximum atomic E-state index is 11.9. The molecule has 5 nitrogen and oxygen atoms in total. The normalized spacial score (nSPS) is 10.2. The van der Waals surface area contributed by atoms with Crippen LogP contribution in [-0.2, 0) is 0 Å². The maximum absolute atomic E-state index is 11.9. The van der Waals surface area contributed by atoms with Gasteiger partial charge in [0.25, 0.3) is 5.91 Å². The predicted octanol–water partition coefficient (Wildman–Crippen LogP) is 2.39. The summed E-state index contributed by atoms with van der Waals surface area (Å²) in [4.78, 5) is 23.1. The number of hydrogen-bond acceptors (Lipinski definition) is 3. The fourth-order valence-corrected chi connectivity index (χ4v) is 3.10. The number of benzene rings is 1. The average molecular weight is 446 g/mol. The van der Waals surface area contributed by atoms with E-state index in [4.69, 9.17) is 10.2 Å². The van der Waals surface area contributed by atoms with E-state index in [1.54, 1.807) is 0 Å². The van der Waals surface area contributed by atoms with E-state index in [2.05, 4.69) is 53.1 Å². The summed E-state index contributed by atoms with van der Waals surface area (Å²) in [6.45, 7) is -0.171. The van der Waals surface area contributed by atoms with Crippen molar-refractivity contribution >= 4 is 59.7 Å². The average Bonchev–Trinajstić information content (AvgIpc) is 2.29. The molecule has 0 radical (unpaired) electrons. The molecule has 0 atom stereocenters. The molecular formula is C10H8Br3NO4. The molecule has 0 bridgehead atoms. The molecule has 0 unspecified atom stereocenters. The van der Waals surface area contributed by atoms with E-state index in [9.17, 15) is 9.59 Å². The van der Waals surface area contributed by atoms with Gasteiger partial charge in [-0.05, 0) is 53.9 Å². The maximum Gasteiger partial charge on any atom is 0.337 e. The van der Waals surface area contributed by atoms with Gasteiger partial charge in [0.1, 0.15) is 0 Å². The number of aliphatic hydroxyl groups is 1. The Morgan fingerprint density at radius 2 is 1.78 bits per heavy atom. The van der Waals surface area contributed by atoms with Crippen molar-refractivity contribution < 1.29 is 19.8 Å². The van der Waals surface area contributed by atoms with Gasteiger partial charge in [0.05, 0.1) is 17.7 Å². The highest BCUT2D eigenvalue weighted by atomic mass is 79.9. The van der Waals surface area contributed by atoms with Gasteiger partial charge in [0, 0.05) is 20.0 Å². The van der Waals surface area contributed by atoms with Crippen LogP contribution >= 0.6 is 47.8 Å². The van der Waals surface area contributed by atoms with Crippen molar-refractivity contribution in [2.45, 2.75) is 0 Å². The molecule has 0 spiro atoms. The van der Waals surface area contributed by atoms with Gasteiger partial charge in [-0.25, -0.2) is 4.79 Å². The monoisotopic (exact) mass is 443 g/mol. The summed E-state index contributed by atoms with van der Waals surface area (Å²) in [7, 11) is 0. The Hall–Kier alpha value is -0.440. The van der Waals surface area contributed by atoms with Crippen LogP contribution in [0.4, 0.5) is 0 Å². The third-order valence-corrected chi connectivity index (χ3v) is 4.62. The topological polar surface area (TPSA) is 86.6 Å². The highest BCUT2D eigenvalue weighted by molar-refractivity contribution is 9.13. The van der Waals surface area contributed by atoms with Crippen molar-refractivity contribution in [2.24, 2.45) is 0 Å². The number of halogens is 3. The lowest BCUT2D eigenvalue weighted by molar-refractivity contribution is 0.0689. The van der Waals surface area contributed by atoms with Crippen LogP contribution in [0.2, 0.25) is 0 Å². The van der Waals surface area contributed by atoms with Crippen molar-refractivity contribution in [3.05, 3.63) is 30.6 Å². The molecule has 0 saturated heterocycles. The molecule has 0 fully saturated rings. The lowest BCUT2D eigenvalue weighted by Gasteiger charge is -2.12. The summed E-state index contributed by atoms with van der Waals surface area (Å²) in [5.74, 6) is -1.79. The van der Waals surface area contributed by atoms with E-state index in [0.717, 1.165) is 0 Å². The first kappa shape index (κ1) is 15.6. The first-order chi connectivity index (χ1) is 8.40. The molecular weight excluding hydrogens is 438 g/mol. The Morgan fingerprint density at radius 1 is 1.17 bits per heavy atom. The fraction of sp³-hybridized carbons (Fsp3) is 0.200. The van der Waals surface area contributed by atoms with E-state index in [0.29, 0.717) is 13.4 Å². The van der Waals surface area contributed by atoms with Gasteiger partial charge in [-0.1, -0.05) is 0 Å². The van der Waals surface area contributed by atoms with Crippen LogP contribution < -0.4 is 5.32 Å². The number of aromatic carboxylic acids is 1. The Bertz CT molecular complexity index is 504. The molecule has 1 rings (SSSR count). The highest BCUT2D eigenvalue weighted by Crippen LogP contribution is 2.34. The zero-order valence-corrected chi connectivity index (χ0v) is 13.6. The predicted molar refractivity (Wildman–Crippen MR) is 75.9 cm³/mol. The smallest absolute Gasteiger partial charge is 0.337 e. The van der Waals surface area contributed by atoms with Gasteiger partial charge >= 0.3 is 5.97 Å². The summed E-state index contributed by atoms with van der Waals surface area (Å²) in [6, 6.07) is 1.54. The standard InChI is InChI=1S/C10H8Br3NO4/c11-4-3-5(12)8(13)7(6(4)10(17)18)9(16)14-1-2-15/h3,15H,1-2H2,(H,14,16)(H,17,18). The van der Waals surface area contributed by atoms with Crippen LogP contribution in [0, 0.1) is 0 Å². The van der Waals surface area contributed by atoms with Crippen molar-refractivity contribution in [1.82, 2.24) is 5.32 Å². The lowest BCUT2D eigenvalue weighted by Crippen LogP contribution is -2.28. The molecule has 1 aromatic carbocycles. The van der Waals surface area contributed by atoms with Crippen molar-refractivity contribution in [3.63, 3.8) is 0 Å². The minimum absolute atomic E-state index is 0.00259. The molecule has 0 aliphatic rings. The highest BCUT2D eigenvalue weighted by Gasteiger charge is 2.24. The summed E-state index contributed by atoms with van der Waals surface area (Å²) in [5.41, 5.74) is -0.141. The Kier molecular flexibility index (Phi) is 5.77. The molecule has 0 aromatic heterocycles. The van der Waals surface area contributed by atoms with Gasteiger partial charge in [-0.15, -0.1) is 0 Å². The van der Waals surface area contributed by atoms with E-state index >= 15 is 0 Å². The molecule has 98 valence electrons. The number of hydrogen-bond donors (Lipinski definition) is 3. The van der Waals surface area contributed by atoms with Gasteiger partial charge in [-0.3, -0.25) is 4.79 Å². The molecule has 18 heavy (non-hydrogen) atoms. The van der Waals surface area contributed by atoms with Gasteiger partial charge in [-0.2, -0.15) is 0 Å². The van der Waals surface area contributed by atoms with Crippen LogP contribution in [0.3, 0.4) is 0 Å². The van der Waals surface area contributed by atoms with Crippen LogP contribution in [-0.4, -0.2) is 35.2 Å². The van der Waals surface area contributed by atoms with Gasteiger partial charge in [0.15, 0.2) is 0 Å². The number of carboxylic acid groups (broad SMARTS) is 1. The number of amides is 1. The second kappa shape index (κ2) is 6.65. The van der Waals surface area contributed by atoms with E-state index < -0.39 is 11.9 Å². The Labute approximate surface area is 128 Å². The molecule has 3 N–H and O–H groups in total. The minimum Gasteiger partial charge on any atom is -0.478 e. The summed E-state index contributed by atoms with van der Waals surface area (Å²) < 4.78 is 1.19. The molecule has 8 heteroatoms. The molecule has 0 heterocycles. The summed E-state index contributed by atoms with van der Waals surface area (Å²) in [6.07, 6.45) is 0. The number of carbonyl (C=O) groups excluding carboxylic acids is 1. The largest absolute Gasteiger partial charge is 0.478 e. The van der Waals surface area contributed by atoms with Gasteiger partial charge < -0.3 is 15.5 Å². The summed E-state index contributed by atoms with van der Waals surface area (Å²) >= 11 is 9.50. The van der Waals surface area contributed by atoms with E-state index in [-0.39, 0.29) is 24.3 Å². The van der Waals surface area contributed by atoms with Gasteiger partial charge in [0.2, 0.25) is 0 Å². The quantitative estimate of drug-likeness (QED) is 0.621. The van der Waals surface area contributed by atoms with Crippen molar-refractivity contribution in [3.8, 4) is 0 Å². The van der Waals surface area contributed by atoms with Crippen LogP contribution in [0.1, 0.15) is 20.7 Å². The zero-order chi connectivity index (χ0) is 13.9. The second-order valence-electron chi connectivity index (χ2n) is 3.19. The van der Waals surface area contributed by atoms with Crippen molar-refractivity contribution in [2.75, 3.05) is 13.2 Å². The Morgan fingerprint density at radius 3 is 2.28 bits per heavy atom. The molecule has 0 aliphatic heterocycles. The minimum atomic E-state index is -1.22. The van der Waals surface area contributed by atoms with Crippen LogP contribution in [0.5, 0.6) is 0 Å². The third-order valence-electron chi connectivity index (χ3n) is 2.01. The molecule has 0 saturated carbocycles. The third kappa shape index (κ3) is 3.31. The van der Waals surface area contributed by atoms with Crippen LogP contribution in [0.25, 0.3) is 0 Å². The second-order valence-corrected chi connectivity index (χ2v) is 5.69. The SMILES string of the molecule is O=C(O)c1c(Br)cc(Br)c(Br)c1C(=O)NCCO. The zero-order valence-electron chi connectivity index (χ0n) is 8.84. The number of nitrogens with one attached hydrogen (secondary N) is 1. The number of rotatable bonds is 4. The first-order valence-electron chi connectivity index (χ1n) is 4.70. The van der Waals surface area contributed by atoms with E-state index in [1.807, 2.05) is 0 Å². The van der Waals surface area contributed by atoms with Crippen LogP contribution in [0.15, 0.2) is 19.5 Å². The summed E-state index contributed by atoms with van der Waals surface area (Å²) in [5, 5.41) is 20.2. The lowest BCUT2D eigenvalue weighted by atomic mass is 10.1. The fourth-order valence-electron chi connectivity index (χ4n) is 1.28. The molecule has 1 aromatic rings. The number of carboxylic acids is 1. The molecule has 1 amide bonds. The van der Waals surface area contributed by atoms with Crippen molar-refractivity contribution in [1.29, 1.82) is 0 Å². The van der Waals surface area contributed by atoms with E-state index in [1.165, 1.54) is 6.07 Å². The number of carbonyl (C=O) groups is 2. The molecule has 0 aliphatic carbocycles.